The molecule has 1 aliphatic rings. The molecule has 0 amide bonds. The van der Waals surface area contributed by atoms with Gasteiger partial charge in [0.1, 0.15) is 5.01 Å². The average Bonchev–Trinajstić information content (AvgIpc) is 2.90. The molecule has 1 aliphatic heterocycles. The van der Waals surface area contributed by atoms with Crippen molar-refractivity contribution in [3.05, 3.63) is 40.7 Å². The molecule has 2 aromatic rings. The Labute approximate surface area is 120 Å². The number of rotatable bonds is 2. The summed E-state index contributed by atoms with van der Waals surface area (Å²) in [6.07, 6.45) is 0. The molecule has 2 unspecified atom stereocenters. The van der Waals surface area contributed by atoms with Crippen LogP contribution < -0.4 is 0 Å². The van der Waals surface area contributed by atoms with Crippen LogP contribution in [-0.4, -0.2) is 21.7 Å². The molecule has 1 aromatic carbocycles. The van der Waals surface area contributed by atoms with Crippen molar-refractivity contribution in [3.63, 3.8) is 0 Å². The maximum Gasteiger partial charge on any atom is 0.107 e. The molecule has 0 radical (unpaired) electrons. The van der Waals surface area contributed by atoms with Gasteiger partial charge in [-0.25, -0.2) is 4.98 Å². The Morgan fingerprint density at radius 2 is 1.89 bits per heavy atom. The molecule has 1 aromatic heterocycles. The lowest BCUT2D eigenvalue weighted by Crippen LogP contribution is -2.15. The molecule has 2 heterocycles. The van der Waals surface area contributed by atoms with E-state index in [9.17, 15) is 0 Å². The maximum atomic E-state index is 4.84. The van der Waals surface area contributed by atoms with Crippen LogP contribution >= 0.6 is 34.9 Å². The molecule has 1 fully saturated rings. The zero-order chi connectivity index (χ0) is 12.4. The summed E-state index contributed by atoms with van der Waals surface area (Å²) >= 11 is 5.94. The third-order valence-electron chi connectivity index (χ3n) is 3.02. The summed E-state index contributed by atoms with van der Waals surface area (Å²) in [6, 6.07) is 10.5. The molecule has 3 rings (SSSR count). The first-order valence-electron chi connectivity index (χ1n) is 6.08. The quantitative estimate of drug-likeness (QED) is 0.795. The molecular weight excluding hydrogens is 278 g/mol. The summed E-state index contributed by atoms with van der Waals surface area (Å²) in [4.78, 5) is 4.84. The van der Waals surface area contributed by atoms with E-state index in [-0.39, 0.29) is 0 Å². The predicted octanol–water partition coefficient (Wildman–Crippen LogP) is 4.72. The van der Waals surface area contributed by atoms with Crippen LogP contribution in [0.5, 0.6) is 0 Å². The van der Waals surface area contributed by atoms with E-state index in [2.05, 4.69) is 60.1 Å². The van der Waals surface area contributed by atoms with Crippen LogP contribution in [-0.2, 0) is 0 Å². The van der Waals surface area contributed by atoms with Crippen molar-refractivity contribution in [3.8, 4) is 11.3 Å². The number of hydrogen-bond acceptors (Lipinski definition) is 4. The van der Waals surface area contributed by atoms with Crippen LogP contribution in [0.15, 0.2) is 35.7 Å². The Morgan fingerprint density at radius 1 is 1.11 bits per heavy atom. The fourth-order valence-corrected chi connectivity index (χ4v) is 6.07. The van der Waals surface area contributed by atoms with Gasteiger partial charge in [-0.15, -0.1) is 23.1 Å². The lowest BCUT2D eigenvalue weighted by molar-refractivity contribution is 0.896. The molecule has 0 aliphatic carbocycles. The van der Waals surface area contributed by atoms with Crippen molar-refractivity contribution in [2.45, 2.75) is 17.4 Å². The van der Waals surface area contributed by atoms with Crippen molar-refractivity contribution in [1.29, 1.82) is 0 Å². The van der Waals surface area contributed by atoms with Crippen LogP contribution in [0.1, 0.15) is 17.2 Å². The molecule has 0 bridgehead atoms. The normalized spacial score (nSPS) is 24.1. The van der Waals surface area contributed by atoms with Crippen LogP contribution in [0.2, 0.25) is 0 Å². The van der Waals surface area contributed by atoms with Gasteiger partial charge in [-0.05, 0) is 0 Å². The number of hydrogen-bond donors (Lipinski definition) is 0. The average molecular weight is 293 g/mol. The Balaban J connectivity index is 1.85. The van der Waals surface area contributed by atoms with Crippen LogP contribution in [0.25, 0.3) is 11.3 Å². The van der Waals surface area contributed by atoms with E-state index in [4.69, 9.17) is 4.98 Å². The molecule has 4 heteroatoms. The third kappa shape index (κ3) is 2.60. The number of nitrogens with zero attached hydrogens (tertiary/aromatic N) is 1. The minimum absolute atomic E-state index is 0.575. The minimum atomic E-state index is 0.575. The predicted molar refractivity (Wildman–Crippen MR) is 84.7 cm³/mol. The van der Waals surface area contributed by atoms with Crippen molar-refractivity contribution in [2.24, 2.45) is 0 Å². The van der Waals surface area contributed by atoms with Crippen LogP contribution in [0, 0.1) is 0 Å². The Morgan fingerprint density at radius 3 is 2.67 bits per heavy atom. The second-order valence-corrected chi connectivity index (χ2v) is 7.93. The van der Waals surface area contributed by atoms with Crippen LogP contribution in [0.4, 0.5) is 0 Å². The van der Waals surface area contributed by atoms with E-state index in [1.165, 1.54) is 22.1 Å². The molecule has 1 saturated heterocycles. The first kappa shape index (κ1) is 12.6. The van der Waals surface area contributed by atoms with Gasteiger partial charge in [0, 0.05) is 27.7 Å². The standard InChI is InChI=1S/C14H15NS3/c1-10-13(17-8-7-16-10)14-15-12(9-18-14)11-5-3-2-4-6-11/h2-6,9-10,13H,7-8H2,1H3. The summed E-state index contributed by atoms with van der Waals surface area (Å²) in [6.45, 7) is 2.32. The van der Waals surface area contributed by atoms with Gasteiger partial charge < -0.3 is 0 Å². The lowest BCUT2D eigenvalue weighted by Gasteiger charge is -2.25. The largest absolute Gasteiger partial charge is 0.240 e. The minimum Gasteiger partial charge on any atom is -0.240 e. The van der Waals surface area contributed by atoms with Gasteiger partial charge in [0.2, 0.25) is 0 Å². The Hall–Kier alpha value is -0.450. The topological polar surface area (TPSA) is 12.9 Å². The first-order chi connectivity index (χ1) is 8.84. The zero-order valence-corrected chi connectivity index (χ0v) is 12.7. The van der Waals surface area contributed by atoms with Gasteiger partial charge in [0.15, 0.2) is 0 Å². The van der Waals surface area contributed by atoms with Gasteiger partial charge in [-0.2, -0.15) is 11.8 Å². The van der Waals surface area contributed by atoms with Gasteiger partial charge in [-0.3, -0.25) is 0 Å². The molecule has 0 saturated carbocycles. The summed E-state index contributed by atoms with van der Waals surface area (Å²) in [5, 5.41) is 4.74. The highest BCUT2D eigenvalue weighted by Gasteiger charge is 2.26. The molecule has 18 heavy (non-hydrogen) atoms. The van der Waals surface area contributed by atoms with Gasteiger partial charge in [0.05, 0.1) is 10.9 Å². The summed E-state index contributed by atoms with van der Waals surface area (Å²) in [5.74, 6) is 2.53. The van der Waals surface area contributed by atoms with E-state index in [0.717, 1.165) is 5.69 Å². The highest BCUT2D eigenvalue weighted by molar-refractivity contribution is 8.06. The van der Waals surface area contributed by atoms with E-state index in [0.29, 0.717) is 10.5 Å². The fourth-order valence-electron chi connectivity index (χ4n) is 2.06. The lowest BCUT2D eigenvalue weighted by atomic mass is 10.2. The second kappa shape index (κ2) is 5.68. The van der Waals surface area contributed by atoms with Gasteiger partial charge in [-0.1, -0.05) is 37.3 Å². The smallest absolute Gasteiger partial charge is 0.107 e. The highest BCUT2D eigenvalue weighted by atomic mass is 32.2. The monoisotopic (exact) mass is 293 g/mol. The van der Waals surface area contributed by atoms with E-state index < -0.39 is 0 Å². The first-order valence-corrected chi connectivity index (χ1v) is 9.06. The summed E-state index contributed by atoms with van der Waals surface area (Å²) in [5.41, 5.74) is 2.35. The summed E-state index contributed by atoms with van der Waals surface area (Å²) < 4.78 is 0. The summed E-state index contributed by atoms with van der Waals surface area (Å²) in [7, 11) is 0. The van der Waals surface area contributed by atoms with Crippen molar-refractivity contribution < 1.29 is 0 Å². The van der Waals surface area contributed by atoms with E-state index >= 15 is 0 Å². The van der Waals surface area contributed by atoms with Gasteiger partial charge >= 0.3 is 0 Å². The van der Waals surface area contributed by atoms with E-state index in [1.54, 1.807) is 0 Å². The Bertz CT molecular complexity index is 509. The number of thioether (sulfide) groups is 2. The number of aromatic nitrogens is 1. The number of thiazole rings is 1. The van der Waals surface area contributed by atoms with Crippen LogP contribution in [0.3, 0.4) is 0 Å². The van der Waals surface area contributed by atoms with Crippen molar-refractivity contribution in [1.82, 2.24) is 4.98 Å². The number of benzene rings is 1. The third-order valence-corrected chi connectivity index (χ3v) is 7.20. The molecule has 0 N–H and O–H groups in total. The van der Waals surface area contributed by atoms with Gasteiger partial charge in [0.25, 0.3) is 0 Å². The molecule has 0 spiro atoms. The molecular formula is C14H15NS3. The highest BCUT2D eigenvalue weighted by Crippen LogP contribution is 2.43. The fraction of sp³-hybridized carbons (Fsp3) is 0.357. The molecule has 94 valence electrons. The van der Waals surface area contributed by atoms with Crippen molar-refractivity contribution >= 4 is 34.9 Å². The zero-order valence-electron chi connectivity index (χ0n) is 10.2. The van der Waals surface area contributed by atoms with Crippen molar-refractivity contribution in [2.75, 3.05) is 11.5 Å². The maximum absolute atomic E-state index is 4.84. The molecule has 1 nitrogen and oxygen atoms in total. The molecule has 2 atom stereocenters. The van der Waals surface area contributed by atoms with E-state index in [1.807, 2.05) is 17.4 Å². The SMILES string of the molecule is CC1SCCSC1c1nc(-c2ccccc2)cs1. The second-order valence-electron chi connectivity index (χ2n) is 4.30. The Kier molecular flexibility index (Phi) is 3.97.